The Bertz CT molecular complexity index is 1030. The molecular weight excluding hydrogens is 366 g/mol. The molecule has 0 spiro atoms. The zero-order chi connectivity index (χ0) is 19.5. The van der Waals surface area contributed by atoms with Gasteiger partial charge in [0.05, 0.1) is 11.7 Å². The summed E-state index contributed by atoms with van der Waals surface area (Å²) in [6, 6.07) is 14.5. The van der Waals surface area contributed by atoms with Crippen LogP contribution in [0, 0.1) is 11.3 Å². The third-order valence-corrected chi connectivity index (χ3v) is 5.93. The van der Waals surface area contributed by atoms with Crippen molar-refractivity contribution in [1.82, 2.24) is 10.2 Å². The van der Waals surface area contributed by atoms with Crippen LogP contribution in [0.1, 0.15) is 54.0 Å². The van der Waals surface area contributed by atoms with E-state index < -0.39 is 0 Å². The normalized spacial score (nSPS) is 13.2. The number of hydrogen-bond donors (Lipinski definition) is 0. The number of aromatic nitrogens is 2. The highest BCUT2D eigenvalue weighted by atomic mass is 32.1. The van der Waals surface area contributed by atoms with E-state index in [2.05, 4.69) is 34.5 Å². The van der Waals surface area contributed by atoms with Gasteiger partial charge in [0.25, 0.3) is 0 Å². The fourth-order valence-corrected chi connectivity index (χ4v) is 4.65. The van der Waals surface area contributed by atoms with Crippen molar-refractivity contribution in [2.75, 3.05) is 0 Å². The first-order chi connectivity index (χ1) is 13.6. The Hall–Kier alpha value is -2.71. The molecule has 4 rings (SSSR count). The van der Waals surface area contributed by atoms with Crippen LogP contribution in [0.25, 0.3) is 10.6 Å². The molecular formula is C23H23N3OS. The van der Waals surface area contributed by atoms with Crippen LogP contribution in [0.4, 0.5) is 0 Å². The smallest absolute Gasteiger partial charge is 0.148 e. The highest BCUT2D eigenvalue weighted by Gasteiger charge is 2.17. The lowest BCUT2D eigenvalue weighted by molar-refractivity contribution is 0.241. The van der Waals surface area contributed by atoms with Crippen molar-refractivity contribution in [3.05, 3.63) is 63.7 Å². The monoisotopic (exact) mass is 389 g/mol. The molecule has 0 atom stereocenters. The molecule has 0 bridgehead atoms. The van der Waals surface area contributed by atoms with Gasteiger partial charge in [-0.15, -0.1) is 10.2 Å². The summed E-state index contributed by atoms with van der Waals surface area (Å²) in [5.41, 5.74) is 5.75. The maximum atomic E-state index is 9.43. The number of rotatable bonds is 5. The Kier molecular flexibility index (Phi) is 5.40. The van der Waals surface area contributed by atoms with Gasteiger partial charge in [0, 0.05) is 12.0 Å². The lowest BCUT2D eigenvalue weighted by Gasteiger charge is -2.17. The fraction of sp³-hybridized carbons (Fsp3) is 0.348. The fourth-order valence-electron chi connectivity index (χ4n) is 3.72. The molecule has 0 fully saturated rings. The van der Waals surface area contributed by atoms with Crippen molar-refractivity contribution in [3.8, 4) is 22.4 Å². The number of fused-ring (bicyclic) bond motifs is 1. The summed E-state index contributed by atoms with van der Waals surface area (Å²) >= 11 is 1.65. The van der Waals surface area contributed by atoms with Gasteiger partial charge in [-0.1, -0.05) is 35.6 Å². The van der Waals surface area contributed by atoms with Crippen molar-refractivity contribution in [3.63, 3.8) is 0 Å². The predicted molar refractivity (Wildman–Crippen MR) is 112 cm³/mol. The zero-order valence-corrected chi connectivity index (χ0v) is 17.1. The molecule has 0 saturated heterocycles. The van der Waals surface area contributed by atoms with Gasteiger partial charge in [-0.3, -0.25) is 0 Å². The Balaban J connectivity index is 1.57. The lowest BCUT2D eigenvalue weighted by Crippen LogP contribution is -2.07. The summed E-state index contributed by atoms with van der Waals surface area (Å²) in [6.07, 6.45) is 5.52. The molecule has 0 radical (unpaired) electrons. The van der Waals surface area contributed by atoms with Crippen molar-refractivity contribution in [2.45, 2.75) is 52.1 Å². The number of ether oxygens (including phenoxy) is 1. The molecule has 142 valence electrons. The second-order valence-corrected chi connectivity index (χ2v) is 8.50. The predicted octanol–water partition coefficient (Wildman–Crippen LogP) is 5.33. The van der Waals surface area contributed by atoms with Crippen LogP contribution in [0.2, 0.25) is 0 Å². The van der Waals surface area contributed by atoms with Crippen molar-refractivity contribution >= 4 is 11.3 Å². The summed E-state index contributed by atoms with van der Waals surface area (Å²) in [5, 5.41) is 20.3. The first-order valence-corrected chi connectivity index (χ1v) is 10.6. The molecule has 5 heteroatoms. The summed E-state index contributed by atoms with van der Waals surface area (Å²) in [4.78, 5) is 0. The van der Waals surface area contributed by atoms with E-state index in [9.17, 15) is 5.26 Å². The minimum atomic E-state index is 0.0421. The van der Waals surface area contributed by atoms with Gasteiger partial charge in [0.15, 0.2) is 0 Å². The molecule has 1 aliphatic carbocycles. The van der Waals surface area contributed by atoms with E-state index in [-0.39, 0.29) is 6.10 Å². The van der Waals surface area contributed by atoms with E-state index in [0.29, 0.717) is 17.7 Å². The molecule has 3 aromatic rings. The maximum Gasteiger partial charge on any atom is 0.148 e. The second kappa shape index (κ2) is 8.12. The van der Waals surface area contributed by atoms with Gasteiger partial charge >= 0.3 is 0 Å². The van der Waals surface area contributed by atoms with Crippen LogP contribution in [-0.4, -0.2) is 16.3 Å². The zero-order valence-electron chi connectivity index (χ0n) is 16.2. The van der Waals surface area contributed by atoms with E-state index in [4.69, 9.17) is 4.74 Å². The van der Waals surface area contributed by atoms with Gasteiger partial charge in [0.1, 0.15) is 21.8 Å². The molecule has 2 aromatic carbocycles. The van der Waals surface area contributed by atoms with E-state index in [1.54, 1.807) is 11.3 Å². The van der Waals surface area contributed by atoms with Crippen molar-refractivity contribution in [1.29, 1.82) is 5.26 Å². The average Bonchev–Trinajstić information content (AvgIpc) is 3.16. The molecule has 4 nitrogen and oxygen atoms in total. The Morgan fingerprint density at radius 2 is 2.00 bits per heavy atom. The molecule has 0 amide bonds. The largest absolute Gasteiger partial charge is 0.490 e. The molecule has 0 aliphatic heterocycles. The van der Waals surface area contributed by atoms with Crippen LogP contribution in [0.3, 0.4) is 0 Å². The standard InChI is InChI=1S/C23H23N3OS/c1-15(2)27-21-11-10-16(12-18(21)14-24)13-22-25-26-23(28-22)20-9-5-7-17-6-3-4-8-19(17)20/h5,7,9-12,15H,3-4,6,8,13H2,1-2H3. The minimum Gasteiger partial charge on any atom is -0.490 e. The number of nitrogens with zero attached hydrogens (tertiary/aromatic N) is 3. The lowest BCUT2D eigenvalue weighted by atomic mass is 9.88. The summed E-state index contributed by atoms with van der Waals surface area (Å²) in [5.74, 6) is 0.634. The van der Waals surface area contributed by atoms with Crippen LogP contribution in [-0.2, 0) is 19.3 Å². The minimum absolute atomic E-state index is 0.0421. The van der Waals surface area contributed by atoms with Gasteiger partial charge in [-0.2, -0.15) is 5.26 Å². The SMILES string of the molecule is CC(C)Oc1ccc(Cc2nnc(-c3cccc4c3CCCC4)s2)cc1C#N. The maximum absolute atomic E-state index is 9.43. The first kappa shape index (κ1) is 18.6. The van der Waals surface area contributed by atoms with E-state index in [0.717, 1.165) is 28.4 Å². The highest BCUT2D eigenvalue weighted by Crippen LogP contribution is 2.33. The summed E-state index contributed by atoms with van der Waals surface area (Å²) in [6.45, 7) is 3.92. The van der Waals surface area contributed by atoms with E-state index >= 15 is 0 Å². The Morgan fingerprint density at radius 3 is 2.82 bits per heavy atom. The first-order valence-electron chi connectivity index (χ1n) is 9.77. The van der Waals surface area contributed by atoms with Gasteiger partial charge < -0.3 is 4.74 Å². The van der Waals surface area contributed by atoms with Crippen molar-refractivity contribution in [2.24, 2.45) is 0 Å². The summed E-state index contributed by atoms with van der Waals surface area (Å²) < 4.78 is 5.71. The van der Waals surface area contributed by atoms with Crippen LogP contribution in [0.15, 0.2) is 36.4 Å². The molecule has 0 saturated carbocycles. The van der Waals surface area contributed by atoms with Gasteiger partial charge in [-0.25, -0.2) is 0 Å². The van der Waals surface area contributed by atoms with Gasteiger partial charge in [-0.05, 0) is 68.4 Å². The highest BCUT2D eigenvalue weighted by molar-refractivity contribution is 7.14. The third kappa shape index (κ3) is 3.93. The van der Waals surface area contributed by atoms with Crippen molar-refractivity contribution < 1.29 is 4.74 Å². The molecule has 1 aliphatic rings. The second-order valence-electron chi connectivity index (χ2n) is 7.44. The Labute approximate surface area is 169 Å². The molecule has 1 heterocycles. The van der Waals surface area contributed by atoms with E-state index in [1.165, 1.54) is 29.5 Å². The average molecular weight is 390 g/mol. The summed E-state index contributed by atoms with van der Waals surface area (Å²) in [7, 11) is 0. The molecule has 0 unspecified atom stereocenters. The molecule has 0 N–H and O–H groups in total. The quantitative estimate of drug-likeness (QED) is 0.591. The van der Waals surface area contributed by atoms with Crippen LogP contribution in [0.5, 0.6) is 5.75 Å². The number of aryl methyl sites for hydroxylation is 1. The number of hydrogen-bond acceptors (Lipinski definition) is 5. The Morgan fingerprint density at radius 1 is 1.14 bits per heavy atom. The van der Waals surface area contributed by atoms with Crippen LogP contribution < -0.4 is 4.74 Å². The van der Waals surface area contributed by atoms with E-state index in [1.807, 2.05) is 32.0 Å². The number of benzene rings is 2. The third-order valence-electron chi connectivity index (χ3n) is 4.98. The van der Waals surface area contributed by atoms with Gasteiger partial charge in [0.2, 0.25) is 0 Å². The van der Waals surface area contributed by atoms with Crippen LogP contribution >= 0.6 is 11.3 Å². The molecule has 1 aromatic heterocycles. The number of nitriles is 1. The topological polar surface area (TPSA) is 58.8 Å². The molecule has 28 heavy (non-hydrogen) atoms.